The van der Waals surface area contributed by atoms with E-state index in [1.54, 1.807) is 18.2 Å². The van der Waals surface area contributed by atoms with E-state index >= 15 is 0 Å². The summed E-state index contributed by atoms with van der Waals surface area (Å²) in [5.41, 5.74) is 2.06. The van der Waals surface area contributed by atoms with Crippen LogP contribution in [0, 0.1) is 11.8 Å². The lowest BCUT2D eigenvalue weighted by Crippen LogP contribution is -2.50. The Balaban J connectivity index is 0.00000256. The van der Waals surface area contributed by atoms with Crippen LogP contribution in [-0.4, -0.2) is 40.8 Å². The minimum atomic E-state index is -1.01. The van der Waals surface area contributed by atoms with Crippen LogP contribution >= 0.6 is 12.4 Å². The molecule has 1 heterocycles. The zero-order chi connectivity index (χ0) is 20.4. The van der Waals surface area contributed by atoms with E-state index in [1.165, 1.54) is 0 Å². The quantitative estimate of drug-likeness (QED) is 0.660. The Morgan fingerprint density at radius 1 is 0.933 bits per heavy atom. The third kappa shape index (κ3) is 4.77. The molecule has 1 aliphatic carbocycles. The van der Waals surface area contributed by atoms with E-state index in [9.17, 15) is 19.8 Å². The first-order chi connectivity index (χ1) is 14.0. The van der Waals surface area contributed by atoms with Crippen molar-refractivity contribution in [3.8, 4) is 16.9 Å². The molecule has 1 aliphatic heterocycles. The number of carbonyl (C=O) groups is 2. The predicted molar refractivity (Wildman–Crippen MR) is 115 cm³/mol. The second-order valence-corrected chi connectivity index (χ2v) is 7.99. The number of ether oxygens (including phenoxy) is 1. The van der Waals surface area contributed by atoms with Gasteiger partial charge in [-0.1, -0.05) is 36.4 Å². The molecule has 7 heteroatoms. The van der Waals surface area contributed by atoms with E-state index in [2.05, 4.69) is 5.32 Å². The van der Waals surface area contributed by atoms with Gasteiger partial charge in [-0.15, -0.1) is 12.4 Å². The Morgan fingerprint density at radius 3 is 2.40 bits per heavy atom. The van der Waals surface area contributed by atoms with Gasteiger partial charge in [0.25, 0.3) is 0 Å². The van der Waals surface area contributed by atoms with Crippen LogP contribution in [0.4, 0.5) is 0 Å². The molecule has 0 radical (unpaired) electrons. The van der Waals surface area contributed by atoms with E-state index in [-0.39, 0.29) is 30.0 Å². The maximum absolute atomic E-state index is 11.7. The smallest absolute Gasteiger partial charge is 0.339 e. The second-order valence-electron chi connectivity index (χ2n) is 7.99. The highest BCUT2D eigenvalue weighted by Gasteiger charge is 2.38. The monoisotopic (exact) mass is 431 g/mol. The number of nitrogens with one attached hydrogen (secondary N) is 1. The number of benzene rings is 2. The number of aliphatic carboxylic acids is 1. The fraction of sp³-hybridized carbons (Fsp3) is 0.391. The van der Waals surface area contributed by atoms with E-state index < -0.39 is 18.0 Å². The average Bonchev–Trinajstić information content (AvgIpc) is 2.73. The van der Waals surface area contributed by atoms with E-state index in [0.29, 0.717) is 18.1 Å². The zero-order valence-electron chi connectivity index (χ0n) is 16.5. The van der Waals surface area contributed by atoms with E-state index in [1.807, 2.05) is 30.3 Å². The molecule has 2 aromatic rings. The SMILES string of the molecule is Cl.O=C(O)c1ccc(-c2ccccc2)cc1OC1CCC2CNC(C(=O)O)CC2C1. The summed E-state index contributed by atoms with van der Waals surface area (Å²) in [6, 6.07) is 14.5. The average molecular weight is 432 g/mol. The number of fused-ring (bicyclic) bond motifs is 1. The molecule has 3 N–H and O–H groups in total. The van der Waals surface area contributed by atoms with Crippen molar-refractivity contribution in [3.63, 3.8) is 0 Å². The molecule has 30 heavy (non-hydrogen) atoms. The van der Waals surface area contributed by atoms with Gasteiger partial charge in [0.1, 0.15) is 17.4 Å². The number of carboxylic acid groups (broad SMARTS) is 2. The van der Waals surface area contributed by atoms with Gasteiger partial charge < -0.3 is 20.3 Å². The molecule has 0 aromatic heterocycles. The molecule has 0 bridgehead atoms. The molecule has 6 nitrogen and oxygen atoms in total. The summed E-state index contributed by atoms with van der Waals surface area (Å²) in [5, 5.41) is 22.0. The summed E-state index contributed by atoms with van der Waals surface area (Å²) in [7, 11) is 0. The molecule has 2 fully saturated rings. The van der Waals surface area contributed by atoms with Gasteiger partial charge in [-0.25, -0.2) is 4.79 Å². The first-order valence-electron chi connectivity index (χ1n) is 10.1. The third-order valence-electron chi connectivity index (χ3n) is 6.17. The molecule has 0 amide bonds. The normalized spacial score (nSPS) is 25.5. The highest BCUT2D eigenvalue weighted by atomic mass is 35.5. The van der Waals surface area contributed by atoms with Crippen LogP contribution in [0.2, 0.25) is 0 Å². The first-order valence-corrected chi connectivity index (χ1v) is 10.1. The van der Waals surface area contributed by atoms with Gasteiger partial charge >= 0.3 is 11.9 Å². The lowest BCUT2D eigenvalue weighted by Gasteiger charge is -2.41. The summed E-state index contributed by atoms with van der Waals surface area (Å²) < 4.78 is 6.21. The highest BCUT2D eigenvalue weighted by molar-refractivity contribution is 5.92. The second kappa shape index (κ2) is 9.49. The van der Waals surface area contributed by atoms with Crippen molar-refractivity contribution >= 4 is 24.3 Å². The van der Waals surface area contributed by atoms with E-state index in [0.717, 1.165) is 36.9 Å². The Kier molecular flexibility index (Phi) is 7.00. The Hall–Kier alpha value is -2.57. The van der Waals surface area contributed by atoms with Crippen LogP contribution in [0.25, 0.3) is 11.1 Å². The molecule has 1 saturated carbocycles. The van der Waals surface area contributed by atoms with Gasteiger partial charge in [0.2, 0.25) is 0 Å². The largest absolute Gasteiger partial charge is 0.489 e. The maximum atomic E-state index is 11.7. The number of rotatable bonds is 5. The van der Waals surface area contributed by atoms with Crippen molar-refractivity contribution in [2.45, 2.75) is 37.8 Å². The maximum Gasteiger partial charge on any atom is 0.339 e. The predicted octanol–water partition coefficient (Wildman–Crippen LogP) is 4.08. The molecule has 0 spiro atoms. The van der Waals surface area contributed by atoms with Crippen molar-refractivity contribution in [3.05, 3.63) is 54.1 Å². The van der Waals surface area contributed by atoms with Crippen molar-refractivity contribution in [2.24, 2.45) is 11.8 Å². The minimum Gasteiger partial charge on any atom is -0.489 e. The van der Waals surface area contributed by atoms with Crippen LogP contribution in [0.1, 0.15) is 36.0 Å². The number of hydrogen-bond donors (Lipinski definition) is 3. The van der Waals surface area contributed by atoms with Crippen molar-refractivity contribution < 1.29 is 24.5 Å². The molecule has 1 saturated heterocycles. The third-order valence-corrected chi connectivity index (χ3v) is 6.17. The summed E-state index contributed by atoms with van der Waals surface area (Å²) in [5.74, 6) is -0.705. The molecule has 2 aromatic carbocycles. The molecule has 160 valence electrons. The van der Waals surface area contributed by atoms with Crippen molar-refractivity contribution in [1.29, 1.82) is 0 Å². The molecule has 4 atom stereocenters. The highest BCUT2D eigenvalue weighted by Crippen LogP contribution is 2.38. The molecule has 2 aliphatic rings. The molecular weight excluding hydrogens is 406 g/mol. The van der Waals surface area contributed by atoms with Gasteiger partial charge in [-0.3, -0.25) is 4.79 Å². The number of aromatic carboxylic acids is 1. The van der Waals surface area contributed by atoms with E-state index in [4.69, 9.17) is 4.74 Å². The summed E-state index contributed by atoms with van der Waals surface area (Å²) >= 11 is 0. The van der Waals surface area contributed by atoms with Gasteiger partial charge in [0, 0.05) is 0 Å². The Morgan fingerprint density at radius 2 is 1.70 bits per heavy atom. The lowest BCUT2D eigenvalue weighted by atomic mass is 9.72. The Bertz CT molecular complexity index is 904. The van der Waals surface area contributed by atoms with Gasteiger partial charge in [0.15, 0.2) is 0 Å². The van der Waals surface area contributed by atoms with Crippen LogP contribution in [0.15, 0.2) is 48.5 Å². The fourth-order valence-corrected chi connectivity index (χ4v) is 4.60. The topological polar surface area (TPSA) is 95.9 Å². The van der Waals surface area contributed by atoms with Crippen LogP contribution in [0.5, 0.6) is 5.75 Å². The Labute approximate surface area is 181 Å². The summed E-state index contributed by atoms with van der Waals surface area (Å²) in [6.45, 7) is 0.720. The van der Waals surface area contributed by atoms with Gasteiger partial charge in [0.05, 0.1) is 6.10 Å². The molecular formula is C23H26ClNO5. The number of halogens is 1. The lowest BCUT2D eigenvalue weighted by molar-refractivity contribution is -0.141. The zero-order valence-corrected chi connectivity index (χ0v) is 17.3. The number of carboxylic acids is 2. The summed E-state index contributed by atoms with van der Waals surface area (Å²) in [4.78, 5) is 23.0. The van der Waals surface area contributed by atoms with Gasteiger partial charge in [-0.2, -0.15) is 0 Å². The fourth-order valence-electron chi connectivity index (χ4n) is 4.60. The standard InChI is InChI=1S/C23H25NO5.ClH/c25-22(26)19-9-7-15(14-4-2-1-3-5-14)12-21(19)29-18-8-6-16-13-24-20(23(27)28)11-17(16)10-18;/h1-5,7,9,12,16-18,20,24H,6,8,10-11,13H2,(H,25,26)(H,27,28);1H. The van der Waals surface area contributed by atoms with Crippen molar-refractivity contribution in [1.82, 2.24) is 5.32 Å². The number of piperidine rings is 1. The number of hydrogen-bond acceptors (Lipinski definition) is 4. The summed E-state index contributed by atoms with van der Waals surface area (Å²) in [6.07, 6.45) is 3.04. The molecule has 4 unspecified atom stereocenters. The van der Waals surface area contributed by atoms with Crippen LogP contribution in [-0.2, 0) is 4.79 Å². The van der Waals surface area contributed by atoms with Gasteiger partial charge in [-0.05, 0) is 67.3 Å². The van der Waals surface area contributed by atoms with Crippen molar-refractivity contribution in [2.75, 3.05) is 6.54 Å². The minimum absolute atomic E-state index is 0. The first kappa shape index (κ1) is 22.1. The molecule has 4 rings (SSSR count). The van der Waals surface area contributed by atoms with Crippen LogP contribution < -0.4 is 10.1 Å². The van der Waals surface area contributed by atoms with Crippen LogP contribution in [0.3, 0.4) is 0 Å².